The van der Waals surface area contributed by atoms with Gasteiger partial charge in [0.15, 0.2) is 0 Å². The number of para-hydroxylation sites is 1. The van der Waals surface area contributed by atoms with Crippen LogP contribution in [0.5, 0.6) is 5.75 Å². The standard InChI is InChI=1S/C24H18F3N5O2/c25-24(26,27)34-17-12-10-16(11-13-17)22-31-32-23(33-22)30-20-14-28-19-9-5-4-8-18(19)21(29-20)15-6-2-1-3-7-15/h1-13,20,28H,14H2,(H,30,32). The zero-order valence-electron chi connectivity index (χ0n) is 17.6. The quantitative estimate of drug-likeness (QED) is 0.414. The van der Waals surface area contributed by atoms with E-state index in [9.17, 15) is 13.2 Å². The van der Waals surface area contributed by atoms with E-state index in [1.165, 1.54) is 24.3 Å². The maximum absolute atomic E-state index is 12.4. The molecule has 1 aliphatic rings. The molecule has 5 rings (SSSR count). The Morgan fingerprint density at radius 2 is 1.62 bits per heavy atom. The van der Waals surface area contributed by atoms with Crippen LogP contribution in [-0.2, 0) is 0 Å². The molecule has 2 heterocycles. The first kappa shape index (κ1) is 21.5. The molecule has 3 aromatic carbocycles. The Labute approximate surface area is 192 Å². The van der Waals surface area contributed by atoms with Crippen LogP contribution in [-0.4, -0.2) is 35.0 Å². The minimum atomic E-state index is -4.76. The van der Waals surface area contributed by atoms with Crippen LogP contribution in [0.1, 0.15) is 11.1 Å². The first-order valence-corrected chi connectivity index (χ1v) is 10.4. The van der Waals surface area contributed by atoms with Gasteiger partial charge in [-0.05, 0) is 30.3 Å². The molecule has 0 fully saturated rings. The van der Waals surface area contributed by atoms with E-state index < -0.39 is 12.5 Å². The highest BCUT2D eigenvalue weighted by atomic mass is 19.4. The van der Waals surface area contributed by atoms with Crippen LogP contribution in [0.3, 0.4) is 0 Å². The molecule has 1 atom stereocenters. The number of fused-ring (bicyclic) bond motifs is 1. The Morgan fingerprint density at radius 3 is 2.38 bits per heavy atom. The Hall–Kier alpha value is -4.34. The number of nitrogens with zero attached hydrogens (tertiary/aromatic N) is 3. The van der Waals surface area contributed by atoms with Crippen molar-refractivity contribution in [3.63, 3.8) is 0 Å². The molecule has 0 amide bonds. The largest absolute Gasteiger partial charge is 0.573 e. The van der Waals surface area contributed by atoms with Gasteiger partial charge in [0.1, 0.15) is 11.9 Å². The number of benzene rings is 3. The fraction of sp³-hybridized carbons (Fsp3) is 0.125. The molecule has 2 N–H and O–H groups in total. The van der Waals surface area contributed by atoms with Gasteiger partial charge in [-0.1, -0.05) is 53.6 Å². The van der Waals surface area contributed by atoms with Crippen LogP contribution in [0.25, 0.3) is 11.5 Å². The number of rotatable bonds is 5. The van der Waals surface area contributed by atoms with E-state index in [2.05, 4.69) is 25.6 Å². The summed E-state index contributed by atoms with van der Waals surface area (Å²) in [6.45, 7) is 0.467. The summed E-state index contributed by atoms with van der Waals surface area (Å²) in [5.74, 6) is -0.181. The number of nitrogens with one attached hydrogen (secondary N) is 2. The number of benzodiazepines with no additional fused rings is 1. The number of alkyl halides is 3. The monoisotopic (exact) mass is 465 g/mol. The van der Waals surface area contributed by atoms with E-state index in [1.807, 2.05) is 54.6 Å². The fourth-order valence-electron chi connectivity index (χ4n) is 3.57. The molecule has 34 heavy (non-hydrogen) atoms. The highest BCUT2D eigenvalue weighted by Gasteiger charge is 2.31. The van der Waals surface area contributed by atoms with Crippen molar-refractivity contribution in [2.24, 2.45) is 4.99 Å². The van der Waals surface area contributed by atoms with Crippen LogP contribution in [0.4, 0.5) is 24.9 Å². The summed E-state index contributed by atoms with van der Waals surface area (Å²) in [5, 5.41) is 14.5. The van der Waals surface area contributed by atoms with Crippen molar-refractivity contribution >= 4 is 17.4 Å². The molecule has 4 aromatic rings. The van der Waals surface area contributed by atoms with Crippen molar-refractivity contribution in [1.29, 1.82) is 0 Å². The summed E-state index contributed by atoms with van der Waals surface area (Å²) in [5.41, 5.74) is 4.18. The molecule has 10 heteroatoms. The predicted molar refractivity (Wildman–Crippen MR) is 121 cm³/mol. The molecule has 7 nitrogen and oxygen atoms in total. The van der Waals surface area contributed by atoms with Crippen LogP contribution >= 0.6 is 0 Å². The van der Waals surface area contributed by atoms with Gasteiger partial charge >= 0.3 is 12.4 Å². The number of anilines is 2. The predicted octanol–water partition coefficient (Wildman–Crippen LogP) is 5.34. The first-order chi connectivity index (χ1) is 16.4. The Balaban J connectivity index is 1.37. The second kappa shape index (κ2) is 8.89. The maximum Gasteiger partial charge on any atom is 0.573 e. The maximum atomic E-state index is 12.4. The lowest BCUT2D eigenvalue weighted by Crippen LogP contribution is -2.26. The topological polar surface area (TPSA) is 84.6 Å². The molecule has 0 spiro atoms. The fourth-order valence-corrected chi connectivity index (χ4v) is 3.57. The van der Waals surface area contributed by atoms with Crippen molar-refractivity contribution < 1.29 is 22.3 Å². The summed E-state index contributed by atoms with van der Waals surface area (Å²) >= 11 is 0. The van der Waals surface area contributed by atoms with Crippen LogP contribution in [0.15, 0.2) is 88.3 Å². The normalized spacial score (nSPS) is 15.5. The average Bonchev–Trinajstić information content (AvgIpc) is 3.21. The van der Waals surface area contributed by atoms with Gasteiger partial charge in [-0.15, -0.1) is 18.3 Å². The van der Waals surface area contributed by atoms with Crippen molar-refractivity contribution in [3.8, 4) is 17.2 Å². The van der Waals surface area contributed by atoms with Gasteiger partial charge in [-0.2, -0.15) is 0 Å². The number of aliphatic imine (C=N–C) groups is 1. The lowest BCUT2D eigenvalue weighted by atomic mass is 10.0. The van der Waals surface area contributed by atoms with Gasteiger partial charge in [0, 0.05) is 22.4 Å². The third-order valence-corrected chi connectivity index (χ3v) is 5.05. The van der Waals surface area contributed by atoms with Crippen molar-refractivity contribution in [1.82, 2.24) is 10.2 Å². The Morgan fingerprint density at radius 1 is 0.882 bits per heavy atom. The minimum absolute atomic E-state index is 0.138. The number of halogens is 3. The molecule has 1 aliphatic heterocycles. The zero-order valence-corrected chi connectivity index (χ0v) is 17.6. The van der Waals surface area contributed by atoms with Crippen molar-refractivity contribution in [2.75, 3.05) is 17.2 Å². The van der Waals surface area contributed by atoms with E-state index in [1.54, 1.807) is 0 Å². The van der Waals surface area contributed by atoms with Gasteiger partial charge in [0.25, 0.3) is 0 Å². The molecule has 0 saturated heterocycles. The molecule has 0 saturated carbocycles. The van der Waals surface area contributed by atoms with Crippen LogP contribution in [0, 0.1) is 0 Å². The lowest BCUT2D eigenvalue weighted by Gasteiger charge is -2.12. The molecule has 0 radical (unpaired) electrons. The number of hydrogen-bond acceptors (Lipinski definition) is 7. The van der Waals surface area contributed by atoms with Crippen LogP contribution < -0.4 is 15.4 Å². The third kappa shape index (κ3) is 4.85. The Bertz CT molecular complexity index is 1300. The summed E-state index contributed by atoms with van der Waals surface area (Å²) in [6.07, 6.45) is -5.17. The molecular weight excluding hydrogens is 447 g/mol. The van der Waals surface area contributed by atoms with Crippen molar-refractivity contribution in [3.05, 3.63) is 90.0 Å². The smallest absolute Gasteiger partial charge is 0.406 e. The lowest BCUT2D eigenvalue weighted by molar-refractivity contribution is -0.274. The van der Waals surface area contributed by atoms with E-state index in [4.69, 9.17) is 9.41 Å². The Kier molecular flexibility index (Phi) is 5.62. The molecular formula is C24H18F3N5O2. The SMILES string of the molecule is FC(F)(F)Oc1ccc(-c2nnc(NC3CNc4ccccc4C(c4ccccc4)=N3)o2)cc1. The molecule has 1 aromatic heterocycles. The number of ether oxygens (including phenoxy) is 1. The summed E-state index contributed by atoms with van der Waals surface area (Å²) in [7, 11) is 0. The highest BCUT2D eigenvalue weighted by molar-refractivity contribution is 6.16. The summed E-state index contributed by atoms with van der Waals surface area (Å²) in [6, 6.07) is 23.1. The van der Waals surface area contributed by atoms with E-state index >= 15 is 0 Å². The van der Waals surface area contributed by atoms with E-state index in [0.29, 0.717) is 12.1 Å². The average molecular weight is 465 g/mol. The minimum Gasteiger partial charge on any atom is -0.406 e. The summed E-state index contributed by atoms with van der Waals surface area (Å²) in [4.78, 5) is 4.90. The molecule has 0 aliphatic carbocycles. The third-order valence-electron chi connectivity index (χ3n) is 5.05. The zero-order chi connectivity index (χ0) is 23.5. The van der Waals surface area contributed by atoms with Gasteiger partial charge in [-0.25, -0.2) is 0 Å². The second-order valence-corrected chi connectivity index (χ2v) is 7.41. The van der Waals surface area contributed by atoms with E-state index in [0.717, 1.165) is 22.5 Å². The van der Waals surface area contributed by atoms with Gasteiger partial charge < -0.3 is 19.8 Å². The number of hydrogen-bond donors (Lipinski definition) is 2. The summed E-state index contributed by atoms with van der Waals surface area (Å²) < 4.78 is 46.6. The number of aromatic nitrogens is 2. The van der Waals surface area contributed by atoms with Gasteiger partial charge in [0.05, 0.1) is 12.3 Å². The van der Waals surface area contributed by atoms with Crippen LogP contribution in [0.2, 0.25) is 0 Å². The molecule has 172 valence electrons. The van der Waals surface area contributed by atoms with Gasteiger partial charge in [0.2, 0.25) is 5.89 Å². The molecule has 1 unspecified atom stereocenters. The van der Waals surface area contributed by atoms with E-state index in [-0.39, 0.29) is 17.7 Å². The van der Waals surface area contributed by atoms with Crippen molar-refractivity contribution in [2.45, 2.75) is 12.5 Å². The highest BCUT2D eigenvalue weighted by Crippen LogP contribution is 2.28. The second-order valence-electron chi connectivity index (χ2n) is 7.41. The first-order valence-electron chi connectivity index (χ1n) is 10.4. The molecule has 0 bridgehead atoms. The van der Waals surface area contributed by atoms with Gasteiger partial charge in [-0.3, -0.25) is 4.99 Å².